The molecule has 4 heterocycles. The van der Waals surface area contributed by atoms with Gasteiger partial charge in [-0.15, -0.1) is 0 Å². The molecule has 7 nitrogen and oxygen atoms in total. The molecule has 0 aromatic carbocycles. The van der Waals surface area contributed by atoms with E-state index in [1.807, 2.05) is 32.3 Å². The number of nitrogens with zero attached hydrogens (tertiary/aromatic N) is 5. The number of H-pyrrole nitrogens is 1. The van der Waals surface area contributed by atoms with Gasteiger partial charge in [0.25, 0.3) is 0 Å². The van der Waals surface area contributed by atoms with Crippen LogP contribution in [0.1, 0.15) is 41.9 Å². The van der Waals surface area contributed by atoms with Crippen molar-refractivity contribution in [1.82, 2.24) is 30.0 Å². The molecule has 24 heavy (non-hydrogen) atoms. The number of hydrogen-bond acceptors (Lipinski definition) is 6. The van der Waals surface area contributed by atoms with Crippen LogP contribution in [0, 0.1) is 13.8 Å². The predicted molar refractivity (Wildman–Crippen MR) is 88.0 cm³/mol. The average molecular weight is 324 g/mol. The van der Waals surface area contributed by atoms with Crippen LogP contribution in [-0.2, 0) is 6.54 Å². The molecule has 0 saturated carbocycles. The summed E-state index contributed by atoms with van der Waals surface area (Å²) < 4.78 is 5.25. The molecule has 0 amide bonds. The van der Waals surface area contributed by atoms with Gasteiger partial charge >= 0.3 is 0 Å². The zero-order valence-corrected chi connectivity index (χ0v) is 13.9. The molecule has 3 aromatic heterocycles. The second kappa shape index (κ2) is 6.16. The summed E-state index contributed by atoms with van der Waals surface area (Å²) in [7, 11) is 0. The molecule has 1 aliphatic heterocycles. The van der Waals surface area contributed by atoms with Crippen molar-refractivity contribution in [3.63, 3.8) is 0 Å². The molecule has 1 atom stereocenters. The first-order chi connectivity index (χ1) is 11.7. The quantitative estimate of drug-likeness (QED) is 0.794. The minimum atomic E-state index is 0.289. The summed E-state index contributed by atoms with van der Waals surface area (Å²) in [5.41, 5.74) is 2.76. The average Bonchev–Trinajstić information content (AvgIpc) is 3.31. The SMILES string of the molecule is Cc1noc(C)c1-c1nccc(C2CCCN2Cc2ncc[nH]2)n1. The highest BCUT2D eigenvalue weighted by atomic mass is 16.5. The Morgan fingerprint density at radius 2 is 2.21 bits per heavy atom. The summed E-state index contributed by atoms with van der Waals surface area (Å²) in [4.78, 5) is 19.2. The van der Waals surface area contributed by atoms with Gasteiger partial charge in [0.15, 0.2) is 5.82 Å². The monoisotopic (exact) mass is 324 g/mol. The fourth-order valence-corrected chi connectivity index (χ4v) is 3.41. The third-order valence-corrected chi connectivity index (χ3v) is 4.55. The normalized spacial score (nSPS) is 18.3. The van der Waals surface area contributed by atoms with E-state index >= 15 is 0 Å². The summed E-state index contributed by atoms with van der Waals surface area (Å²) in [6.45, 7) is 5.67. The second-order valence-corrected chi connectivity index (χ2v) is 6.17. The fraction of sp³-hybridized carbons (Fsp3) is 0.412. The van der Waals surface area contributed by atoms with Crippen molar-refractivity contribution in [1.29, 1.82) is 0 Å². The molecule has 3 aromatic rings. The van der Waals surface area contributed by atoms with E-state index in [4.69, 9.17) is 9.51 Å². The van der Waals surface area contributed by atoms with E-state index in [1.54, 1.807) is 6.20 Å². The lowest BCUT2D eigenvalue weighted by molar-refractivity contribution is 0.239. The van der Waals surface area contributed by atoms with Crippen LogP contribution < -0.4 is 0 Å². The van der Waals surface area contributed by atoms with Crippen LogP contribution in [0.4, 0.5) is 0 Å². The number of rotatable bonds is 4. The first-order valence-electron chi connectivity index (χ1n) is 8.21. The maximum Gasteiger partial charge on any atom is 0.164 e. The zero-order valence-electron chi connectivity index (χ0n) is 13.9. The van der Waals surface area contributed by atoms with Gasteiger partial charge < -0.3 is 9.51 Å². The van der Waals surface area contributed by atoms with Crippen LogP contribution in [0.2, 0.25) is 0 Å². The Kier molecular flexibility index (Phi) is 3.86. The van der Waals surface area contributed by atoms with Gasteiger partial charge in [-0.05, 0) is 39.3 Å². The van der Waals surface area contributed by atoms with Crippen LogP contribution in [0.15, 0.2) is 29.2 Å². The van der Waals surface area contributed by atoms with Crippen LogP contribution in [-0.4, -0.2) is 36.5 Å². The van der Waals surface area contributed by atoms with Crippen LogP contribution in [0.3, 0.4) is 0 Å². The lowest BCUT2D eigenvalue weighted by atomic mass is 10.1. The van der Waals surface area contributed by atoms with E-state index < -0.39 is 0 Å². The van der Waals surface area contributed by atoms with Crippen molar-refractivity contribution in [3.05, 3.63) is 47.6 Å². The van der Waals surface area contributed by atoms with Gasteiger partial charge in [0.1, 0.15) is 11.6 Å². The summed E-state index contributed by atoms with van der Waals surface area (Å²) in [5, 5.41) is 4.01. The van der Waals surface area contributed by atoms with Gasteiger partial charge in [-0.3, -0.25) is 4.90 Å². The highest BCUT2D eigenvalue weighted by Crippen LogP contribution is 2.33. The van der Waals surface area contributed by atoms with Crippen molar-refractivity contribution in [2.24, 2.45) is 0 Å². The maximum atomic E-state index is 5.25. The number of aromatic amines is 1. The van der Waals surface area contributed by atoms with Gasteiger partial charge in [0.05, 0.1) is 29.5 Å². The molecular weight excluding hydrogens is 304 g/mol. The highest BCUT2D eigenvalue weighted by molar-refractivity contribution is 5.59. The summed E-state index contributed by atoms with van der Waals surface area (Å²) in [5.74, 6) is 2.43. The molecule has 0 aliphatic carbocycles. The highest BCUT2D eigenvalue weighted by Gasteiger charge is 2.28. The number of hydrogen-bond donors (Lipinski definition) is 1. The lowest BCUT2D eigenvalue weighted by Crippen LogP contribution is -2.24. The van der Waals surface area contributed by atoms with E-state index in [2.05, 4.69) is 25.0 Å². The Hall–Kier alpha value is -2.54. The molecule has 4 rings (SSSR count). The molecular formula is C17H20N6O. The predicted octanol–water partition coefficient (Wildman–Crippen LogP) is 2.81. The zero-order chi connectivity index (χ0) is 16.5. The molecule has 1 unspecified atom stereocenters. The van der Waals surface area contributed by atoms with Gasteiger partial charge in [0, 0.05) is 18.6 Å². The molecule has 7 heteroatoms. The Labute approximate surface area is 140 Å². The Bertz CT molecular complexity index is 806. The fourth-order valence-electron chi connectivity index (χ4n) is 3.41. The number of aromatic nitrogens is 5. The van der Waals surface area contributed by atoms with Gasteiger partial charge in [-0.2, -0.15) is 0 Å². The first kappa shape index (κ1) is 15.0. The van der Waals surface area contributed by atoms with E-state index in [-0.39, 0.29) is 6.04 Å². The van der Waals surface area contributed by atoms with Crippen LogP contribution >= 0.6 is 0 Å². The van der Waals surface area contributed by atoms with Gasteiger partial charge in [0.2, 0.25) is 0 Å². The van der Waals surface area contributed by atoms with Crippen molar-refractivity contribution in [2.75, 3.05) is 6.54 Å². The number of likely N-dealkylation sites (tertiary alicyclic amines) is 1. The number of imidazole rings is 1. The topological polar surface area (TPSA) is 83.7 Å². The molecule has 1 N–H and O–H groups in total. The van der Waals surface area contributed by atoms with Gasteiger partial charge in [-0.25, -0.2) is 15.0 Å². The molecule has 0 spiro atoms. The van der Waals surface area contributed by atoms with Crippen molar-refractivity contribution >= 4 is 0 Å². The third kappa shape index (κ3) is 2.71. The largest absolute Gasteiger partial charge is 0.361 e. The summed E-state index contributed by atoms with van der Waals surface area (Å²) in [6.07, 6.45) is 7.74. The van der Waals surface area contributed by atoms with Crippen LogP contribution in [0.25, 0.3) is 11.4 Å². The number of aryl methyl sites for hydroxylation is 2. The molecule has 1 aliphatic rings. The minimum absolute atomic E-state index is 0.289. The van der Waals surface area contributed by atoms with E-state index in [0.717, 1.165) is 54.5 Å². The lowest BCUT2D eigenvalue weighted by Gasteiger charge is -2.23. The van der Waals surface area contributed by atoms with Gasteiger partial charge in [-0.1, -0.05) is 5.16 Å². The number of nitrogens with one attached hydrogen (secondary N) is 1. The molecule has 0 bridgehead atoms. The van der Waals surface area contributed by atoms with E-state index in [0.29, 0.717) is 5.82 Å². The Balaban J connectivity index is 1.63. The van der Waals surface area contributed by atoms with E-state index in [9.17, 15) is 0 Å². The molecule has 1 saturated heterocycles. The van der Waals surface area contributed by atoms with Crippen molar-refractivity contribution in [3.8, 4) is 11.4 Å². The molecule has 124 valence electrons. The second-order valence-electron chi connectivity index (χ2n) is 6.17. The first-order valence-corrected chi connectivity index (χ1v) is 8.21. The minimum Gasteiger partial charge on any atom is -0.361 e. The van der Waals surface area contributed by atoms with Crippen molar-refractivity contribution < 1.29 is 4.52 Å². The van der Waals surface area contributed by atoms with E-state index in [1.165, 1.54) is 0 Å². The third-order valence-electron chi connectivity index (χ3n) is 4.55. The smallest absolute Gasteiger partial charge is 0.164 e. The Morgan fingerprint density at radius 3 is 2.96 bits per heavy atom. The maximum absolute atomic E-state index is 5.25. The molecule has 1 fully saturated rings. The standard InChI is InChI=1S/C17H20N6O/c1-11-16(12(2)24-22-11)17-20-6-5-13(21-17)14-4-3-9-23(14)10-15-18-7-8-19-15/h5-8,14H,3-4,9-10H2,1-2H3,(H,18,19). The Morgan fingerprint density at radius 1 is 1.29 bits per heavy atom. The summed E-state index contributed by atoms with van der Waals surface area (Å²) >= 11 is 0. The molecule has 0 radical (unpaired) electrons. The summed E-state index contributed by atoms with van der Waals surface area (Å²) in [6, 6.07) is 2.30. The van der Waals surface area contributed by atoms with Crippen LogP contribution in [0.5, 0.6) is 0 Å². The van der Waals surface area contributed by atoms with Crippen molar-refractivity contribution in [2.45, 2.75) is 39.3 Å².